The van der Waals surface area contributed by atoms with Crippen molar-refractivity contribution in [2.45, 2.75) is 11.6 Å². The summed E-state index contributed by atoms with van der Waals surface area (Å²) in [7, 11) is -0.120. The van der Waals surface area contributed by atoms with Crippen LogP contribution in [0.5, 0.6) is 0 Å². The Morgan fingerprint density at radius 2 is 1.83 bits per heavy atom. The number of ether oxygens (including phenoxy) is 1. The zero-order valence-corrected chi connectivity index (χ0v) is 17.7. The zero-order valence-electron chi connectivity index (χ0n) is 16.9. The summed E-state index contributed by atoms with van der Waals surface area (Å²) in [6.45, 7) is 3.74. The molecular weight excluding hydrogens is 408 g/mol. The number of imidazole rings is 2. The van der Waals surface area contributed by atoms with Crippen molar-refractivity contribution >= 4 is 27.0 Å². The molecule has 0 N–H and O–H groups in total. The van der Waals surface area contributed by atoms with E-state index in [2.05, 4.69) is 24.8 Å². The highest BCUT2D eigenvalue weighted by Gasteiger charge is 2.45. The van der Waals surface area contributed by atoms with Gasteiger partial charge >= 0.3 is 0 Å². The molecule has 3 aromatic rings. The van der Waals surface area contributed by atoms with Gasteiger partial charge in [-0.25, -0.2) is 28.4 Å². The molecule has 0 saturated carbocycles. The Kier molecular flexibility index (Phi) is 4.71. The number of aromatic nitrogens is 6. The monoisotopic (exact) mass is 432 g/mol. The predicted octanol–water partition coefficient (Wildman–Crippen LogP) is -0.0369. The van der Waals surface area contributed by atoms with Gasteiger partial charge in [-0.2, -0.15) is 4.31 Å². The molecule has 0 bridgehead atoms. The molecule has 3 aromatic heterocycles. The third-order valence-electron chi connectivity index (χ3n) is 5.96. The van der Waals surface area contributed by atoms with Gasteiger partial charge in [0, 0.05) is 53.1 Å². The smallest absolute Gasteiger partial charge is 0.262 e. The normalized spacial score (nSPS) is 22.3. The van der Waals surface area contributed by atoms with Gasteiger partial charge in [0.25, 0.3) is 10.0 Å². The summed E-state index contributed by atoms with van der Waals surface area (Å²) in [5.74, 6) is 1.32. The van der Waals surface area contributed by atoms with Crippen LogP contribution in [0.3, 0.4) is 0 Å². The van der Waals surface area contributed by atoms with E-state index in [9.17, 15) is 8.42 Å². The van der Waals surface area contributed by atoms with Gasteiger partial charge in [0.15, 0.2) is 22.0 Å². The van der Waals surface area contributed by atoms with E-state index in [1.54, 1.807) is 41.9 Å². The number of aryl methyl sites for hydroxylation is 1. The highest BCUT2D eigenvalue weighted by molar-refractivity contribution is 7.89. The van der Waals surface area contributed by atoms with Gasteiger partial charge in [0.05, 0.1) is 19.3 Å². The molecule has 0 aromatic carbocycles. The quantitative estimate of drug-likeness (QED) is 0.534. The zero-order chi connectivity index (χ0) is 20.9. The average Bonchev–Trinajstić information content (AvgIpc) is 3.48. The fraction of sp³-hybridized carbons (Fsp3) is 0.556. The number of sulfonamides is 1. The Balaban J connectivity index is 1.33. The van der Waals surface area contributed by atoms with E-state index in [-0.39, 0.29) is 16.9 Å². The van der Waals surface area contributed by atoms with Gasteiger partial charge in [-0.15, -0.1) is 0 Å². The Morgan fingerprint density at radius 3 is 2.50 bits per heavy atom. The summed E-state index contributed by atoms with van der Waals surface area (Å²) in [5, 5.41) is 0.112. The number of fused-ring (bicyclic) bond motifs is 2. The summed E-state index contributed by atoms with van der Waals surface area (Å²) < 4.78 is 36.1. The highest BCUT2D eigenvalue weighted by atomic mass is 32.2. The van der Waals surface area contributed by atoms with Crippen molar-refractivity contribution in [3.05, 3.63) is 25.2 Å². The van der Waals surface area contributed by atoms with Crippen LogP contribution in [0.25, 0.3) is 11.2 Å². The fourth-order valence-electron chi connectivity index (χ4n) is 4.43. The summed E-state index contributed by atoms with van der Waals surface area (Å²) >= 11 is 0. The van der Waals surface area contributed by atoms with Gasteiger partial charge in [0.1, 0.15) is 6.33 Å². The average molecular weight is 433 g/mol. The molecule has 2 saturated heterocycles. The minimum atomic E-state index is -3.55. The SMILES string of the molecule is COCCn1cnc2c(N3CC4CN(S(=O)(=O)c5cn(C)cn5)CC4C3)ncnc21. The van der Waals surface area contributed by atoms with Crippen molar-refractivity contribution in [3.63, 3.8) is 0 Å². The maximum Gasteiger partial charge on any atom is 0.262 e. The molecule has 2 aliphatic rings. The maximum absolute atomic E-state index is 12.9. The van der Waals surface area contributed by atoms with E-state index in [0.29, 0.717) is 26.2 Å². The molecule has 2 aliphatic heterocycles. The fourth-order valence-corrected chi connectivity index (χ4v) is 5.95. The second-order valence-electron chi connectivity index (χ2n) is 7.92. The summed E-state index contributed by atoms with van der Waals surface area (Å²) in [4.78, 5) is 19.6. The van der Waals surface area contributed by atoms with Crippen LogP contribution in [0.2, 0.25) is 0 Å². The second-order valence-corrected chi connectivity index (χ2v) is 9.81. The minimum absolute atomic E-state index is 0.112. The largest absolute Gasteiger partial charge is 0.383 e. The molecule has 2 unspecified atom stereocenters. The van der Waals surface area contributed by atoms with Gasteiger partial charge in [-0.1, -0.05) is 0 Å². The number of rotatable bonds is 6. The van der Waals surface area contributed by atoms with E-state index in [1.165, 1.54) is 6.33 Å². The second kappa shape index (κ2) is 7.29. The van der Waals surface area contributed by atoms with Crippen LogP contribution < -0.4 is 4.90 Å². The van der Waals surface area contributed by atoms with Crippen molar-refractivity contribution in [3.8, 4) is 0 Å². The van der Waals surface area contributed by atoms with E-state index >= 15 is 0 Å². The Morgan fingerprint density at radius 1 is 1.07 bits per heavy atom. The first kappa shape index (κ1) is 19.4. The third kappa shape index (κ3) is 3.15. The Bertz CT molecular complexity index is 1160. The molecule has 0 radical (unpaired) electrons. The third-order valence-corrected chi connectivity index (χ3v) is 7.67. The van der Waals surface area contributed by atoms with Gasteiger partial charge < -0.3 is 18.8 Å². The lowest BCUT2D eigenvalue weighted by Crippen LogP contribution is -2.33. The van der Waals surface area contributed by atoms with Crippen LogP contribution in [0, 0.1) is 11.8 Å². The van der Waals surface area contributed by atoms with E-state index < -0.39 is 10.0 Å². The van der Waals surface area contributed by atoms with Gasteiger partial charge in [-0.3, -0.25) is 0 Å². The predicted molar refractivity (Wildman–Crippen MR) is 108 cm³/mol. The standard InChI is InChI=1S/C18H24N8O3S/c1-23-9-15(21-11-23)30(27,28)26-7-13-5-25(6-14(13)8-26)18-16-17(19-10-20-18)24(12-22-16)3-4-29-2/h9-14H,3-8H2,1-2H3. The number of methoxy groups -OCH3 is 1. The van der Waals surface area contributed by atoms with Crippen LogP contribution >= 0.6 is 0 Å². The molecule has 160 valence electrons. The van der Waals surface area contributed by atoms with Crippen LogP contribution in [0.1, 0.15) is 0 Å². The Hall–Kier alpha value is -2.57. The van der Waals surface area contributed by atoms with Crippen LogP contribution in [-0.4, -0.2) is 81.7 Å². The molecule has 12 heteroatoms. The molecule has 2 fully saturated rings. The number of nitrogens with zero attached hydrogens (tertiary/aromatic N) is 8. The molecule has 0 amide bonds. The Labute approximate surface area is 174 Å². The molecule has 5 heterocycles. The number of anilines is 1. The van der Waals surface area contributed by atoms with Gasteiger partial charge in [0.2, 0.25) is 0 Å². The molecule has 0 aliphatic carbocycles. The molecular formula is C18H24N8O3S. The molecule has 5 rings (SSSR count). The van der Waals surface area contributed by atoms with E-state index in [1.807, 2.05) is 4.57 Å². The van der Waals surface area contributed by atoms with Crippen molar-refractivity contribution < 1.29 is 13.2 Å². The van der Waals surface area contributed by atoms with Crippen molar-refractivity contribution in [1.29, 1.82) is 0 Å². The molecule has 0 spiro atoms. The van der Waals surface area contributed by atoms with Crippen LogP contribution in [-0.2, 0) is 28.4 Å². The lowest BCUT2D eigenvalue weighted by Gasteiger charge is -2.21. The van der Waals surface area contributed by atoms with Gasteiger partial charge in [-0.05, 0) is 11.8 Å². The van der Waals surface area contributed by atoms with Crippen molar-refractivity contribution in [2.24, 2.45) is 18.9 Å². The topological polar surface area (TPSA) is 111 Å². The lowest BCUT2D eigenvalue weighted by atomic mass is 10.0. The summed E-state index contributed by atoms with van der Waals surface area (Å²) in [5.41, 5.74) is 1.56. The lowest BCUT2D eigenvalue weighted by molar-refractivity contribution is 0.188. The maximum atomic E-state index is 12.9. The molecule has 11 nitrogen and oxygen atoms in total. The molecule has 2 atom stereocenters. The van der Waals surface area contributed by atoms with E-state index in [0.717, 1.165) is 30.1 Å². The minimum Gasteiger partial charge on any atom is -0.383 e. The first-order valence-corrected chi connectivity index (χ1v) is 11.3. The molecule has 30 heavy (non-hydrogen) atoms. The number of hydrogen-bond donors (Lipinski definition) is 0. The van der Waals surface area contributed by atoms with Crippen molar-refractivity contribution in [2.75, 3.05) is 44.8 Å². The first-order chi connectivity index (χ1) is 14.5. The summed E-state index contributed by atoms with van der Waals surface area (Å²) in [6.07, 6.45) is 6.39. The van der Waals surface area contributed by atoms with Crippen LogP contribution in [0.4, 0.5) is 5.82 Å². The van der Waals surface area contributed by atoms with Crippen LogP contribution in [0.15, 0.2) is 30.2 Å². The first-order valence-electron chi connectivity index (χ1n) is 9.85. The highest BCUT2D eigenvalue weighted by Crippen LogP contribution is 2.37. The summed E-state index contributed by atoms with van der Waals surface area (Å²) in [6, 6.07) is 0. The number of hydrogen-bond acceptors (Lipinski definition) is 8. The van der Waals surface area contributed by atoms with Crippen molar-refractivity contribution in [1.82, 2.24) is 33.4 Å². The van der Waals surface area contributed by atoms with E-state index in [4.69, 9.17) is 4.74 Å².